The Hall–Kier alpha value is -2.01. The van der Waals surface area contributed by atoms with Crippen molar-refractivity contribution >= 4 is 0 Å². The molecule has 114 valence electrons. The van der Waals surface area contributed by atoms with E-state index in [0.29, 0.717) is 19.8 Å². The van der Waals surface area contributed by atoms with Gasteiger partial charge in [-0.3, -0.25) is 0 Å². The Morgan fingerprint density at radius 3 is 2.57 bits per heavy atom. The van der Waals surface area contributed by atoms with Crippen LogP contribution in [0, 0.1) is 0 Å². The lowest BCUT2D eigenvalue weighted by Crippen LogP contribution is -2.12. The van der Waals surface area contributed by atoms with Crippen molar-refractivity contribution in [2.24, 2.45) is 0 Å². The van der Waals surface area contributed by atoms with Crippen molar-refractivity contribution in [3.63, 3.8) is 0 Å². The maximum absolute atomic E-state index is 5.65. The van der Waals surface area contributed by atoms with Gasteiger partial charge in [-0.15, -0.1) is 0 Å². The van der Waals surface area contributed by atoms with Crippen LogP contribution < -0.4 is 14.8 Å². The molecule has 2 aromatic rings. The maximum atomic E-state index is 5.65. The molecule has 0 aliphatic carbocycles. The van der Waals surface area contributed by atoms with Crippen LogP contribution in [0.4, 0.5) is 0 Å². The fourth-order valence-corrected chi connectivity index (χ4v) is 2.07. The zero-order chi connectivity index (χ0) is 15.1. The first-order valence-corrected chi connectivity index (χ1v) is 7.33. The van der Waals surface area contributed by atoms with E-state index in [9.17, 15) is 0 Å². The highest BCUT2D eigenvalue weighted by atomic mass is 16.5. The molecule has 1 aromatic heterocycles. The molecule has 0 spiro atoms. The second-order valence-corrected chi connectivity index (χ2v) is 4.44. The topological polar surface area (TPSA) is 56.5 Å². The highest BCUT2D eigenvalue weighted by Crippen LogP contribution is 2.34. The molecule has 5 heteroatoms. The minimum Gasteiger partial charge on any atom is -0.490 e. The van der Waals surface area contributed by atoms with Crippen LogP contribution in [-0.2, 0) is 6.54 Å². The monoisotopic (exact) mass is 290 g/mol. The van der Waals surface area contributed by atoms with E-state index < -0.39 is 0 Å². The van der Waals surface area contributed by atoms with Crippen LogP contribution in [0.5, 0.6) is 11.5 Å². The molecular weight excluding hydrogens is 268 g/mol. The predicted molar refractivity (Wildman–Crippen MR) is 81.7 cm³/mol. The molecule has 21 heavy (non-hydrogen) atoms. The molecule has 0 amide bonds. The summed E-state index contributed by atoms with van der Waals surface area (Å²) in [5.41, 5.74) is 1.83. The van der Waals surface area contributed by atoms with Gasteiger partial charge in [0.05, 0.1) is 13.2 Å². The molecule has 0 atom stereocenters. The summed E-state index contributed by atoms with van der Waals surface area (Å²) in [5.74, 6) is 2.23. The molecule has 0 saturated carbocycles. The van der Waals surface area contributed by atoms with Crippen LogP contribution in [-0.4, -0.2) is 24.7 Å². The molecule has 5 nitrogen and oxygen atoms in total. The van der Waals surface area contributed by atoms with Crippen molar-refractivity contribution in [1.29, 1.82) is 0 Å². The van der Waals surface area contributed by atoms with Gasteiger partial charge < -0.3 is 19.2 Å². The van der Waals surface area contributed by atoms with Gasteiger partial charge in [0.2, 0.25) is 0 Å². The summed E-state index contributed by atoms with van der Waals surface area (Å²) >= 11 is 0. The average molecular weight is 290 g/mol. The normalized spacial score (nSPS) is 10.6. The van der Waals surface area contributed by atoms with Crippen molar-refractivity contribution in [1.82, 2.24) is 10.3 Å². The molecule has 0 saturated heterocycles. The van der Waals surface area contributed by atoms with Gasteiger partial charge in [-0.25, -0.2) is 4.98 Å². The summed E-state index contributed by atoms with van der Waals surface area (Å²) in [5, 5.41) is 3.25. The van der Waals surface area contributed by atoms with Gasteiger partial charge in [-0.1, -0.05) is 6.92 Å². The smallest absolute Gasteiger partial charge is 0.181 e. The number of aromatic nitrogens is 1. The summed E-state index contributed by atoms with van der Waals surface area (Å²) < 4.78 is 16.8. The molecular formula is C16H22N2O3. The molecule has 0 bridgehead atoms. The molecule has 0 radical (unpaired) electrons. The minimum atomic E-state index is 0.587. The third kappa shape index (κ3) is 3.76. The predicted octanol–water partition coefficient (Wildman–Crippen LogP) is 3.25. The van der Waals surface area contributed by atoms with E-state index in [0.717, 1.165) is 35.1 Å². The molecule has 0 unspecified atom stereocenters. The van der Waals surface area contributed by atoms with Crippen LogP contribution in [0.25, 0.3) is 11.3 Å². The van der Waals surface area contributed by atoms with E-state index in [1.165, 1.54) is 6.39 Å². The summed E-state index contributed by atoms with van der Waals surface area (Å²) in [4.78, 5) is 4.26. The Bertz CT molecular complexity index is 566. The summed E-state index contributed by atoms with van der Waals surface area (Å²) in [6.07, 6.45) is 1.47. The standard InChI is InChI=1S/C16H22N2O3/c1-4-17-10-13-16(21-11-18-13)12-7-8-14(19-5-2)15(9-12)20-6-3/h7-9,11,17H,4-6,10H2,1-3H3. The Balaban J connectivity index is 2.31. The van der Waals surface area contributed by atoms with Crippen molar-refractivity contribution in [3.8, 4) is 22.8 Å². The van der Waals surface area contributed by atoms with Gasteiger partial charge in [-0.2, -0.15) is 0 Å². The van der Waals surface area contributed by atoms with E-state index >= 15 is 0 Å². The second kappa shape index (κ2) is 7.69. The number of hydrogen-bond donors (Lipinski definition) is 1. The summed E-state index contributed by atoms with van der Waals surface area (Å²) in [6, 6.07) is 5.80. The van der Waals surface area contributed by atoms with E-state index in [1.54, 1.807) is 0 Å². The third-order valence-electron chi connectivity index (χ3n) is 2.99. The summed E-state index contributed by atoms with van der Waals surface area (Å²) in [6.45, 7) is 8.72. The highest BCUT2D eigenvalue weighted by molar-refractivity contribution is 5.64. The SMILES string of the molecule is CCNCc1ncoc1-c1ccc(OCC)c(OCC)c1. The van der Waals surface area contributed by atoms with Crippen LogP contribution in [0.1, 0.15) is 26.5 Å². The quantitative estimate of drug-likeness (QED) is 0.808. The Morgan fingerprint density at radius 1 is 1.10 bits per heavy atom. The number of oxazole rings is 1. The van der Waals surface area contributed by atoms with Crippen LogP contribution in [0.15, 0.2) is 29.0 Å². The Morgan fingerprint density at radius 2 is 1.86 bits per heavy atom. The van der Waals surface area contributed by atoms with E-state index in [1.807, 2.05) is 32.0 Å². The Labute approximate surface area is 125 Å². The first-order valence-electron chi connectivity index (χ1n) is 7.33. The molecule has 0 aliphatic rings. The number of rotatable bonds is 8. The largest absolute Gasteiger partial charge is 0.490 e. The molecule has 1 N–H and O–H groups in total. The third-order valence-corrected chi connectivity index (χ3v) is 2.99. The number of nitrogens with one attached hydrogen (secondary N) is 1. The van der Waals surface area contributed by atoms with Crippen LogP contribution in [0.3, 0.4) is 0 Å². The molecule has 0 aliphatic heterocycles. The highest BCUT2D eigenvalue weighted by Gasteiger charge is 2.14. The fraction of sp³-hybridized carbons (Fsp3) is 0.438. The number of nitrogens with zero attached hydrogens (tertiary/aromatic N) is 1. The van der Waals surface area contributed by atoms with E-state index in [4.69, 9.17) is 13.9 Å². The summed E-state index contributed by atoms with van der Waals surface area (Å²) in [7, 11) is 0. The van der Waals surface area contributed by atoms with Crippen molar-refractivity contribution in [3.05, 3.63) is 30.3 Å². The minimum absolute atomic E-state index is 0.587. The van der Waals surface area contributed by atoms with Gasteiger partial charge in [0.1, 0.15) is 5.69 Å². The maximum Gasteiger partial charge on any atom is 0.181 e. The van der Waals surface area contributed by atoms with E-state index in [-0.39, 0.29) is 0 Å². The van der Waals surface area contributed by atoms with Gasteiger partial charge in [-0.05, 0) is 38.6 Å². The molecule has 1 aromatic carbocycles. The van der Waals surface area contributed by atoms with Crippen LogP contribution >= 0.6 is 0 Å². The zero-order valence-corrected chi connectivity index (χ0v) is 12.8. The Kier molecular flexibility index (Phi) is 5.63. The fourth-order valence-electron chi connectivity index (χ4n) is 2.07. The number of hydrogen-bond acceptors (Lipinski definition) is 5. The lowest BCUT2D eigenvalue weighted by molar-refractivity contribution is 0.288. The van der Waals surface area contributed by atoms with Crippen molar-refractivity contribution in [2.75, 3.05) is 19.8 Å². The van der Waals surface area contributed by atoms with Gasteiger partial charge in [0.15, 0.2) is 23.7 Å². The molecule has 0 fully saturated rings. The van der Waals surface area contributed by atoms with Crippen LogP contribution in [0.2, 0.25) is 0 Å². The molecule has 1 heterocycles. The lowest BCUT2D eigenvalue weighted by Gasteiger charge is -2.12. The molecule has 2 rings (SSSR count). The van der Waals surface area contributed by atoms with Crippen molar-refractivity contribution < 1.29 is 13.9 Å². The van der Waals surface area contributed by atoms with Crippen molar-refractivity contribution in [2.45, 2.75) is 27.3 Å². The van der Waals surface area contributed by atoms with Gasteiger partial charge >= 0.3 is 0 Å². The van der Waals surface area contributed by atoms with Gasteiger partial charge in [0, 0.05) is 12.1 Å². The van der Waals surface area contributed by atoms with E-state index in [2.05, 4.69) is 17.2 Å². The number of ether oxygens (including phenoxy) is 2. The average Bonchev–Trinajstić information content (AvgIpc) is 2.96. The first kappa shape index (κ1) is 15.4. The second-order valence-electron chi connectivity index (χ2n) is 4.44. The van der Waals surface area contributed by atoms with Gasteiger partial charge in [0.25, 0.3) is 0 Å². The number of benzene rings is 1. The first-order chi connectivity index (χ1) is 10.3. The zero-order valence-electron chi connectivity index (χ0n) is 12.8. The lowest BCUT2D eigenvalue weighted by atomic mass is 10.1.